The summed E-state index contributed by atoms with van der Waals surface area (Å²) in [5.74, 6) is 1.07. The Labute approximate surface area is 215 Å². The molecule has 2 saturated carbocycles. The zero-order chi connectivity index (χ0) is 25.3. The molecule has 0 spiro atoms. The number of carbonyl (C=O) groups is 2. The van der Waals surface area contributed by atoms with Crippen LogP contribution in [0.4, 0.5) is 0 Å². The number of benzene rings is 2. The zero-order valence-electron chi connectivity index (χ0n) is 21.3. The van der Waals surface area contributed by atoms with Crippen molar-refractivity contribution in [3.8, 4) is 11.5 Å². The normalized spacial score (nSPS) is 16.9. The molecule has 1 N–H and O–H groups in total. The molecule has 2 aliphatic rings. The molecule has 0 heterocycles. The largest absolute Gasteiger partial charge is 0.426 e. The number of unbranched alkanes of at least 4 members (excludes halogenated alkanes) is 4. The summed E-state index contributed by atoms with van der Waals surface area (Å²) in [5.41, 5.74) is -0.554. The number of hydrogen-bond donors (Lipinski definition) is 1. The Balaban J connectivity index is 1.02. The fourth-order valence-corrected chi connectivity index (χ4v) is 5.01. The van der Waals surface area contributed by atoms with Gasteiger partial charge in [0.25, 0.3) is 0 Å². The molecule has 2 fully saturated rings. The average Bonchev–Trinajstić information content (AvgIpc) is 3.81. The van der Waals surface area contributed by atoms with E-state index < -0.39 is 0 Å². The van der Waals surface area contributed by atoms with Crippen molar-refractivity contribution in [3.63, 3.8) is 0 Å². The van der Waals surface area contributed by atoms with Crippen molar-refractivity contribution in [2.24, 2.45) is 10.8 Å². The zero-order valence-corrected chi connectivity index (χ0v) is 21.3. The predicted octanol–water partition coefficient (Wildman–Crippen LogP) is 7.02. The molecule has 0 amide bonds. The van der Waals surface area contributed by atoms with Gasteiger partial charge >= 0.3 is 11.9 Å². The number of ether oxygens (including phenoxy) is 2. The van der Waals surface area contributed by atoms with Gasteiger partial charge < -0.3 is 14.6 Å². The molecule has 0 aliphatic heterocycles. The van der Waals surface area contributed by atoms with E-state index in [1.807, 2.05) is 60.7 Å². The first kappa shape index (κ1) is 26.4. The van der Waals surface area contributed by atoms with Crippen molar-refractivity contribution in [3.05, 3.63) is 60.7 Å². The second-order valence-corrected chi connectivity index (χ2v) is 10.8. The van der Waals surface area contributed by atoms with Crippen LogP contribution in [0.2, 0.25) is 0 Å². The van der Waals surface area contributed by atoms with Crippen LogP contribution in [-0.4, -0.2) is 23.1 Å². The molecule has 4 rings (SSSR count). The molecule has 0 unspecified atom stereocenters. The lowest BCUT2D eigenvalue weighted by molar-refractivity contribution is -0.141. The molecule has 0 aromatic heterocycles. The monoisotopic (exact) mass is 492 g/mol. The van der Waals surface area contributed by atoms with Gasteiger partial charge in [-0.2, -0.15) is 0 Å². The molecule has 0 radical (unpaired) electrons. The van der Waals surface area contributed by atoms with E-state index in [0.29, 0.717) is 11.5 Å². The Morgan fingerprint density at radius 3 is 1.39 bits per heavy atom. The first-order chi connectivity index (χ1) is 17.5. The quantitative estimate of drug-likeness (QED) is 0.155. The topological polar surface area (TPSA) is 72.8 Å². The Morgan fingerprint density at radius 2 is 1.03 bits per heavy atom. The summed E-state index contributed by atoms with van der Waals surface area (Å²) in [4.78, 5) is 25.1. The molecule has 2 aromatic rings. The Hall–Kier alpha value is -2.66. The minimum Gasteiger partial charge on any atom is -0.426 e. The highest BCUT2D eigenvalue weighted by Gasteiger charge is 2.51. The standard InChI is InChI=1S/C31H40O5/c32-25(13-5-3-11-19-30(21-22-30)28(33)35-26-15-7-1-8-16-26)14-6-4-12-20-31(23-24-31)29(34)36-27-17-9-2-10-18-27/h1-2,7-10,15-18,25,32H,3-6,11-14,19-24H2. The van der Waals surface area contributed by atoms with Crippen molar-refractivity contribution in [1.82, 2.24) is 0 Å². The van der Waals surface area contributed by atoms with E-state index >= 15 is 0 Å². The Kier molecular flexibility index (Phi) is 9.19. The van der Waals surface area contributed by atoms with E-state index in [0.717, 1.165) is 89.9 Å². The maximum absolute atomic E-state index is 12.5. The Morgan fingerprint density at radius 1 is 0.639 bits per heavy atom. The molecule has 0 saturated heterocycles. The van der Waals surface area contributed by atoms with Crippen LogP contribution in [0.15, 0.2) is 60.7 Å². The van der Waals surface area contributed by atoms with Crippen LogP contribution in [-0.2, 0) is 9.59 Å². The second kappa shape index (κ2) is 12.5. The minimum absolute atomic E-state index is 0.0879. The molecule has 36 heavy (non-hydrogen) atoms. The maximum Gasteiger partial charge on any atom is 0.317 e. The number of carbonyl (C=O) groups excluding carboxylic acids is 2. The fourth-order valence-electron chi connectivity index (χ4n) is 5.01. The number of rotatable bonds is 16. The molecule has 194 valence electrons. The van der Waals surface area contributed by atoms with Crippen LogP contribution in [0, 0.1) is 10.8 Å². The van der Waals surface area contributed by atoms with Crippen LogP contribution in [0.1, 0.15) is 89.9 Å². The number of aliphatic hydroxyl groups is 1. The summed E-state index contributed by atoms with van der Waals surface area (Å²) in [6.45, 7) is 0. The number of aliphatic hydroxyl groups excluding tert-OH is 1. The third-order valence-corrected chi connectivity index (χ3v) is 7.87. The summed E-state index contributed by atoms with van der Waals surface area (Å²) < 4.78 is 11.1. The van der Waals surface area contributed by atoms with Gasteiger partial charge in [0.15, 0.2) is 0 Å². The van der Waals surface area contributed by atoms with Crippen molar-refractivity contribution >= 4 is 11.9 Å². The first-order valence-corrected chi connectivity index (χ1v) is 13.7. The van der Waals surface area contributed by atoms with E-state index in [-0.39, 0.29) is 28.9 Å². The van der Waals surface area contributed by atoms with Gasteiger partial charge in [0, 0.05) is 0 Å². The van der Waals surface area contributed by atoms with Crippen molar-refractivity contribution in [2.45, 2.75) is 96.0 Å². The highest BCUT2D eigenvalue weighted by Crippen LogP contribution is 2.52. The fraction of sp³-hybridized carbons (Fsp3) is 0.548. The van der Waals surface area contributed by atoms with Gasteiger partial charge in [-0.1, -0.05) is 74.9 Å². The minimum atomic E-state index is -0.277. The molecule has 5 nitrogen and oxygen atoms in total. The predicted molar refractivity (Wildman–Crippen MR) is 140 cm³/mol. The third-order valence-electron chi connectivity index (χ3n) is 7.87. The maximum atomic E-state index is 12.5. The summed E-state index contributed by atoms with van der Waals surface area (Å²) in [6.07, 6.45) is 12.8. The first-order valence-electron chi connectivity index (χ1n) is 13.7. The molecule has 2 aliphatic carbocycles. The SMILES string of the molecule is O=C(Oc1ccccc1)C1(CCCCCC(O)CCCCCC2(C(=O)Oc3ccccc3)CC2)CC1. The highest BCUT2D eigenvalue weighted by atomic mass is 16.5. The van der Waals surface area contributed by atoms with Gasteiger partial charge in [0.1, 0.15) is 11.5 Å². The van der Waals surface area contributed by atoms with Gasteiger partial charge in [0.05, 0.1) is 16.9 Å². The second-order valence-electron chi connectivity index (χ2n) is 10.8. The molecular formula is C31H40O5. The van der Waals surface area contributed by atoms with Crippen LogP contribution < -0.4 is 9.47 Å². The highest BCUT2D eigenvalue weighted by molar-refractivity contribution is 5.82. The van der Waals surface area contributed by atoms with Gasteiger partial charge in [0.2, 0.25) is 0 Å². The van der Waals surface area contributed by atoms with E-state index in [9.17, 15) is 14.7 Å². The van der Waals surface area contributed by atoms with Gasteiger partial charge in [-0.05, 0) is 75.6 Å². The van der Waals surface area contributed by atoms with Gasteiger partial charge in [-0.15, -0.1) is 0 Å². The molecular weight excluding hydrogens is 452 g/mol. The van der Waals surface area contributed by atoms with Crippen molar-refractivity contribution < 1.29 is 24.2 Å². The summed E-state index contributed by atoms with van der Waals surface area (Å²) >= 11 is 0. The average molecular weight is 493 g/mol. The van der Waals surface area contributed by atoms with Gasteiger partial charge in [-0.25, -0.2) is 0 Å². The molecule has 0 atom stereocenters. The van der Waals surface area contributed by atoms with Crippen molar-refractivity contribution in [1.29, 1.82) is 0 Å². The van der Waals surface area contributed by atoms with E-state index in [1.165, 1.54) is 0 Å². The summed E-state index contributed by atoms with van der Waals surface area (Å²) in [5, 5.41) is 10.3. The molecule has 0 bridgehead atoms. The van der Waals surface area contributed by atoms with E-state index in [4.69, 9.17) is 9.47 Å². The number of para-hydroxylation sites is 2. The number of esters is 2. The van der Waals surface area contributed by atoms with Crippen LogP contribution >= 0.6 is 0 Å². The number of hydrogen-bond acceptors (Lipinski definition) is 5. The summed E-state index contributed by atoms with van der Waals surface area (Å²) in [6, 6.07) is 18.6. The van der Waals surface area contributed by atoms with Crippen LogP contribution in [0.3, 0.4) is 0 Å². The smallest absolute Gasteiger partial charge is 0.317 e. The van der Waals surface area contributed by atoms with Crippen LogP contribution in [0.5, 0.6) is 11.5 Å². The lowest BCUT2D eigenvalue weighted by Crippen LogP contribution is -2.22. The van der Waals surface area contributed by atoms with Gasteiger partial charge in [-0.3, -0.25) is 9.59 Å². The van der Waals surface area contributed by atoms with E-state index in [2.05, 4.69) is 0 Å². The van der Waals surface area contributed by atoms with Crippen molar-refractivity contribution in [2.75, 3.05) is 0 Å². The van der Waals surface area contributed by atoms with E-state index in [1.54, 1.807) is 0 Å². The molecule has 5 heteroatoms. The third kappa shape index (κ3) is 7.67. The summed E-state index contributed by atoms with van der Waals surface area (Å²) in [7, 11) is 0. The van der Waals surface area contributed by atoms with Crippen LogP contribution in [0.25, 0.3) is 0 Å². The molecule has 2 aromatic carbocycles. The lowest BCUT2D eigenvalue weighted by atomic mass is 9.96. The Bertz CT molecular complexity index is 883. The lowest BCUT2D eigenvalue weighted by Gasteiger charge is -2.15.